The third-order valence-corrected chi connectivity index (χ3v) is 2.89. The summed E-state index contributed by atoms with van der Waals surface area (Å²) in [6.45, 7) is 1.31. The number of amides is 1. The van der Waals surface area contributed by atoms with Gasteiger partial charge in [0.2, 0.25) is 5.91 Å². The van der Waals surface area contributed by atoms with E-state index in [1.807, 2.05) is 0 Å². The third-order valence-electron chi connectivity index (χ3n) is 2.66. The summed E-state index contributed by atoms with van der Waals surface area (Å²) < 4.78 is 5.62. The summed E-state index contributed by atoms with van der Waals surface area (Å²) in [5, 5.41) is 0. The van der Waals surface area contributed by atoms with Crippen molar-refractivity contribution in [2.24, 2.45) is 0 Å². The Morgan fingerprint density at radius 3 is 3.00 bits per heavy atom. The molecule has 0 spiro atoms. The maximum atomic E-state index is 11.5. The van der Waals surface area contributed by atoms with Gasteiger partial charge in [0.1, 0.15) is 12.0 Å². The lowest BCUT2D eigenvalue weighted by molar-refractivity contribution is -0.131. The van der Waals surface area contributed by atoms with Crippen molar-refractivity contribution < 1.29 is 9.53 Å². The van der Waals surface area contributed by atoms with E-state index in [1.165, 1.54) is 0 Å². The summed E-state index contributed by atoms with van der Waals surface area (Å²) in [7, 11) is 0. The Balaban J connectivity index is 1.92. The van der Waals surface area contributed by atoms with E-state index in [0.29, 0.717) is 12.6 Å². The van der Waals surface area contributed by atoms with Crippen LogP contribution in [-0.4, -0.2) is 45.8 Å². The molecule has 1 saturated heterocycles. The summed E-state index contributed by atoms with van der Waals surface area (Å²) >= 11 is 5.54. The van der Waals surface area contributed by atoms with Crippen molar-refractivity contribution in [2.45, 2.75) is 18.9 Å². The van der Waals surface area contributed by atoms with Crippen LogP contribution in [0.15, 0.2) is 18.5 Å². The Kier molecular flexibility index (Phi) is 4.14. The van der Waals surface area contributed by atoms with Gasteiger partial charge in [-0.25, -0.2) is 9.97 Å². The Hall–Kier alpha value is -1.36. The monoisotopic (exact) mass is 255 g/mol. The molecule has 1 fully saturated rings. The van der Waals surface area contributed by atoms with E-state index in [-0.39, 0.29) is 17.9 Å². The molecule has 2 heterocycles. The molecule has 17 heavy (non-hydrogen) atoms. The number of hydrogen-bond donors (Lipinski definition) is 0. The van der Waals surface area contributed by atoms with Gasteiger partial charge in [0.05, 0.1) is 6.54 Å². The maximum absolute atomic E-state index is 11.5. The fourth-order valence-corrected chi connectivity index (χ4v) is 2.01. The predicted molar refractivity (Wildman–Crippen MR) is 63.0 cm³/mol. The molecule has 5 nitrogen and oxygen atoms in total. The second-order valence-electron chi connectivity index (χ2n) is 3.89. The number of carbonyl (C=O) groups is 1. The van der Waals surface area contributed by atoms with E-state index >= 15 is 0 Å². The van der Waals surface area contributed by atoms with Gasteiger partial charge in [-0.05, 0) is 18.9 Å². The molecule has 1 aromatic rings. The molecule has 1 unspecified atom stereocenters. The number of halogens is 1. The Labute approximate surface area is 105 Å². The molecule has 6 heteroatoms. The third kappa shape index (κ3) is 3.30. The second kappa shape index (κ2) is 5.82. The van der Waals surface area contributed by atoms with Crippen LogP contribution in [0.5, 0.6) is 6.01 Å². The lowest BCUT2D eigenvalue weighted by Crippen LogP contribution is -2.45. The molecule has 0 saturated carbocycles. The highest BCUT2D eigenvalue weighted by atomic mass is 35.5. The van der Waals surface area contributed by atoms with Crippen molar-refractivity contribution in [2.75, 3.05) is 19.0 Å². The number of hydrogen-bond acceptors (Lipinski definition) is 4. The molecule has 1 amide bonds. The SMILES string of the molecule is O=C(CCl)N1CCCC(Oc2ncccn2)C1. The van der Waals surface area contributed by atoms with E-state index in [0.717, 1.165) is 19.4 Å². The van der Waals surface area contributed by atoms with Crippen LogP contribution in [0.25, 0.3) is 0 Å². The van der Waals surface area contributed by atoms with Crippen molar-refractivity contribution in [1.29, 1.82) is 0 Å². The molecule has 0 aliphatic carbocycles. The van der Waals surface area contributed by atoms with Crippen LogP contribution in [0.4, 0.5) is 0 Å². The number of nitrogens with zero attached hydrogens (tertiary/aromatic N) is 3. The van der Waals surface area contributed by atoms with Crippen molar-refractivity contribution in [1.82, 2.24) is 14.9 Å². The second-order valence-corrected chi connectivity index (χ2v) is 4.15. The summed E-state index contributed by atoms with van der Waals surface area (Å²) in [6.07, 6.45) is 5.04. The molecular weight excluding hydrogens is 242 g/mol. The van der Waals surface area contributed by atoms with Crippen LogP contribution in [0, 0.1) is 0 Å². The van der Waals surface area contributed by atoms with E-state index < -0.39 is 0 Å². The first-order valence-electron chi connectivity index (χ1n) is 5.57. The van der Waals surface area contributed by atoms with Crippen LogP contribution < -0.4 is 4.74 Å². The Bertz CT molecular complexity index is 374. The lowest BCUT2D eigenvalue weighted by Gasteiger charge is -2.31. The predicted octanol–water partition coefficient (Wildman–Crippen LogP) is 1.09. The van der Waals surface area contributed by atoms with Crippen LogP contribution in [0.2, 0.25) is 0 Å². The largest absolute Gasteiger partial charge is 0.458 e. The topological polar surface area (TPSA) is 55.3 Å². The normalized spacial score (nSPS) is 20.1. The zero-order valence-electron chi connectivity index (χ0n) is 9.38. The fourth-order valence-electron chi connectivity index (χ4n) is 1.84. The summed E-state index contributed by atoms with van der Waals surface area (Å²) in [5.41, 5.74) is 0. The summed E-state index contributed by atoms with van der Waals surface area (Å²) in [6, 6.07) is 2.09. The van der Waals surface area contributed by atoms with E-state index in [4.69, 9.17) is 16.3 Å². The number of likely N-dealkylation sites (tertiary alicyclic amines) is 1. The standard InChI is InChI=1S/C11H14ClN3O2/c12-7-10(16)15-6-1-3-9(8-15)17-11-13-4-2-5-14-11/h2,4-5,9H,1,3,6-8H2. The molecule has 1 aliphatic rings. The quantitative estimate of drug-likeness (QED) is 0.759. The van der Waals surface area contributed by atoms with Gasteiger partial charge in [-0.15, -0.1) is 11.6 Å². The highest BCUT2D eigenvalue weighted by Gasteiger charge is 2.24. The van der Waals surface area contributed by atoms with E-state index in [2.05, 4.69) is 9.97 Å². The lowest BCUT2D eigenvalue weighted by atomic mass is 10.1. The number of piperidine rings is 1. The smallest absolute Gasteiger partial charge is 0.316 e. The van der Waals surface area contributed by atoms with Gasteiger partial charge in [0, 0.05) is 18.9 Å². The maximum Gasteiger partial charge on any atom is 0.316 e. The molecule has 0 aromatic carbocycles. The Morgan fingerprint density at radius 2 is 2.29 bits per heavy atom. The number of rotatable bonds is 3. The number of carbonyl (C=O) groups excluding carboxylic acids is 1. The van der Waals surface area contributed by atoms with Gasteiger partial charge in [0.15, 0.2) is 0 Å². The average Bonchev–Trinajstić information content (AvgIpc) is 2.39. The number of alkyl halides is 1. The first kappa shape index (κ1) is 12.1. The first-order chi connectivity index (χ1) is 8.29. The molecule has 0 bridgehead atoms. The minimum atomic E-state index is -0.0473. The minimum Gasteiger partial charge on any atom is -0.458 e. The molecular formula is C11H14ClN3O2. The zero-order valence-corrected chi connectivity index (χ0v) is 10.1. The van der Waals surface area contributed by atoms with Crippen molar-refractivity contribution in [3.8, 4) is 6.01 Å². The first-order valence-corrected chi connectivity index (χ1v) is 6.10. The van der Waals surface area contributed by atoms with Gasteiger partial charge in [-0.2, -0.15) is 0 Å². The van der Waals surface area contributed by atoms with Gasteiger partial charge in [-0.3, -0.25) is 4.79 Å². The highest BCUT2D eigenvalue weighted by Crippen LogP contribution is 2.15. The molecule has 92 valence electrons. The minimum absolute atomic E-state index is 0.0224. The molecule has 0 radical (unpaired) electrons. The molecule has 2 rings (SSSR count). The molecule has 1 aromatic heterocycles. The number of ether oxygens (including phenoxy) is 1. The van der Waals surface area contributed by atoms with Gasteiger partial charge in [-0.1, -0.05) is 0 Å². The van der Waals surface area contributed by atoms with Crippen LogP contribution in [0.1, 0.15) is 12.8 Å². The van der Waals surface area contributed by atoms with Crippen LogP contribution in [-0.2, 0) is 4.79 Å². The van der Waals surface area contributed by atoms with Crippen LogP contribution in [0.3, 0.4) is 0 Å². The van der Waals surface area contributed by atoms with Gasteiger partial charge in [0.25, 0.3) is 0 Å². The van der Waals surface area contributed by atoms with E-state index in [1.54, 1.807) is 23.4 Å². The number of aromatic nitrogens is 2. The average molecular weight is 256 g/mol. The summed E-state index contributed by atoms with van der Waals surface area (Å²) in [4.78, 5) is 21.2. The van der Waals surface area contributed by atoms with E-state index in [9.17, 15) is 4.79 Å². The molecule has 0 N–H and O–H groups in total. The Morgan fingerprint density at radius 1 is 1.53 bits per heavy atom. The van der Waals surface area contributed by atoms with Gasteiger partial charge >= 0.3 is 6.01 Å². The fraction of sp³-hybridized carbons (Fsp3) is 0.545. The van der Waals surface area contributed by atoms with Crippen molar-refractivity contribution >= 4 is 17.5 Å². The van der Waals surface area contributed by atoms with Crippen LogP contribution >= 0.6 is 11.6 Å². The summed E-state index contributed by atoms with van der Waals surface area (Å²) in [5.74, 6) is -0.0249. The van der Waals surface area contributed by atoms with Gasteiger partial charge < -0.3 is 9.64 Å². The highest BCUT2D eigenvalue weighted by molar-refractivity contribution is 6.27. The molecule has 1 atom stereocenters. The van der Waals surface area contributed by atoms with Crippen molar-refractivity contribution in [3.05, 3.63) is 18.5 Å². The molecule has 1 aliphatic heterocycles. The zero-order chi connectivity index (χ0) is 12.1. The van der Waals surface area contributed by atoms with Crippen molar-refractivity contribution in [3.63, 3.8) is 0 Å².